The molecule has 0 radical (unpaired) electrons. The number of hydrogen-bond donors (Lipinski definition) is 1. The molecule has 0 aromatic heterocycles. The lowest BCUT2D eigenvalue weighted by Gasteiger charge is -2.01. The van der Waals surface area contributed by atoms with Crippen LogP contribution in [-0.4, -0.2) is 10.7 Å². The summed E-state index contributed by atoms with van der Waals surface area (Å²) in [5, 5.41) is 14.0. The van der Waals surface area contributed by atoms with Crippen molar-refractivity contribution >= 4 is 24.0 Å². The molecule has 0 amide bonds. The monoisotopic (exact) mass is 238 g/mol. The number of benzene rings is 1. The normalized spacial score (nSPS) is 9.56. The predicted octanol–water partition coefficient (Wildman–Crippen LogP) is 3.40. The van der Waals surface area contributed by atoms with Crippen LogP contribution < -0.4 is 0 Å². The van der Waals surface area contributed by atoms with Crippen LogP contribution >= 0.6 is 12.6 Å². The fourth-order valence-corrected chi connectivity index (χ4v) is 1.44. The van der Waals surface area contributed by atoms with Gasteiger partial charge in [0.05, 0.1) is 4.92 Å². The second kappa shape index (κ2) is 5.99. The first-order chi connectivity index (χ1) is 7.69. The average Bonchev–Trinajstić information content (AvgIpc) is 2.27. The van der Waals surface area contributed by atoms with Gasteiger partial charge in [-0.3, -0.25) is 10.1 Å². The Morgan fingerprint density at radius 3 is 2.88 bits per heavy atom. The minimum absolute atomic E-state index is 0.0436. The second-order valence-corrected chi connectivity index (χ2v) is 3.54. The number of azide groups is 1. The summed E-state index contributed by atoms with van der Waals surface area (Å²) in [6.07, 6.45) is 1.57. The van der Waals surface area contributed by atoms with E-state index in [-0.39, 0.29) is 11.4 Å². The van der Waals surface area contributed by atoms with Gasteiger partial charge in [0.15, 0.2) is 0 Å². The van der Waals surface area contributed by atoms with Crippen LogP contribution in [0.2, 0.25) is 0 Å². The SMILES string of the molecule is [N-]=[N+]=Nc1ccc(CCCS)cc1[N+](=O)[O-]. The molecular formula is C9H10N4O2S. The molecule has 0 N–H and O–H groups in total. The zero-order valence-corrected chi connectivity index (χ0v) is 9.30. The number of nitro groups is 1. The Labute approximate surface area is 97.5 Å². The molecule has 0 unspecified atom stereocenters. The van der Waals surface area contributed by atoms with Crippen molar-refractivity contribution in [2.24, 2.45) is 5.11 Å². The number of rotatable bonds is 5. The highest BCUT2D eigenvalue weighted by Crippen LogP contribution is 2.28. The molecule has 1 aromatic carbocycles. The molecule has 0 aliphatic rings. The smallest absolute Gasteiger partial charge is 0.258 e. The maximum Gasteiger partial charge on any atom is 0.279 e. The minimum Gasteiger partial charge on any atom is -0.258 e. The van der Waals surface area contributed by atoms with E-state index in [1.807, 2.05) is 0 Å². The Kier molecular flexibility index (Phi) is 4.63. The van der Waals surface area contributed by atoms with E-state index >= 15 is 0 Å². The molecule has 84 valence electrons. The van der Waals surface area contributed by atoms with Crippen LogP contribution in [0.3, 0.4) is 0 Å². The number of hydrogen-bond acceptors (Lipinski definition) is 4. The van der Waals surface area contributed by atoms with Gasteiger partial charge in [-0.05, 0) is 35.8 Å². The first-order valence-corrected chi connectivity index (χ1v) is 5.25. The van der Waals surface area contributed by atoms with Crippen molar-refractivity contribution in [2.75, 3.05) is 5.75 Å². The molecule has 0 fully saturated rings. The standard InChI is InChI=1S/C9H10N4O2S/c10-12-11-8-4-3-7(2-1-5-16)6-9(8)13(14)15/h3-4,6,16H,1-2,5H2. The highest BCUT2D eigenvalue weighted by molar-refractivity contribution is 7.80. The first-order valence-electron chi connectivity index (χ1n) is 4.62. The van der Waals surface area contributed by atoms with Crippen molar-refractivity contribution < 1.29 is 4.92 Å². The third-order valence-corrected chi connectivity index (χ3v) is 2.33. The third-order valence-electron chi connectivity index (χ3n) is 2.01. The fourth-order valence-electron chi connectivity index (χ4n) is 1.29. The van der Waals surface area contributed by atoms with Gasteiger partial charge in [0, 0.05) is 11.0 Å². The lowest BCUT2D eigenvalue weighted by atomic mass is 10.1. The largest absolute Gasteiger partial charge is 0.279 e. The van der Waals surface area contributed by atoms with Crippen LogP contribution in [0.1, 0.15) is 12.0 Å². The Balaban J connectivity index is 3.07. The number of thiol groups is 1. The lowest BCUT2D eigenvalue weighted by Crippen LogP contribution is -1.92. The van der Waals surface area contributed by atoms with E-state index in [1.54, 1.807) is 6.07 Å². The van der Waals surface area contributed by atoms with Crippen molar-refractivity contribution in [3.63, 3.8) is 0 Å². The van der Waals surface area contributed by atoms with Gasteiger partial charge >= 0.3 is 0 Å². The van der Waals surface area contributed by atoms with Crippen LogP contribution in [0.15, 0.2) is 23.3 Å². The van der Waals surface area contributed by atoms with Crippen molar-refractivity contribution in [3.8, 4) is 0 Å². The summed E-state index contributed by atoms with van der Waals surface area (Å²) in [7, 11) is 0. The van der Waals surface area contributed by atoms with E-state index in [0.29, 0.717) is 0 Å². The average molecular weight is 238 g/mol. The molecule has 0 saturated carbocycles. The molecule has 1 aromatic rings. The molecule has 6 nitrogen and oxygen atoms in total. The predicted molar refractivity (Wildman–Crippen MR) is 64.1 cm³/mol. The van der Waals surface area contributed by atoms with Gasteiger partial charge in [0.1, 0.15) is 5.69 Å². The van der Waals surface area contributed by atoms with Crippen molar-refractivity contribution in [1.82, 2.24) is 0 Å². The molecule has 7 heteroatoms. The van der Waals surface area contributed by atoms with Gasteiger partial charge in [-0.25, -0.2) is 0 Å². The molecule has 0 atom stereocenters. The van der Waals surface area contributed by atoms with Gasteiger partial charge in [-0.1, -0.05) is 11.2 Å². The number of aryl methyl sites for hydroxylation is 1. The van der Waals surface area contributed by atoms with E-state index in [9.17, 15) is 10.1 Å². The summed E-state index contributed by atoms with van der Waals surface area (Å²) >= 11 is 4.07. The van der Waals surface area contributed by atoms with E-state index in [1.165, 1.54) is 12.1 Å². The van der Waals surface area contributed by atoms with Gasteiger partial charge in [0.25, 0.3) is 5.69 Å². The van der Waals surface area contributed by atoms with Crippen LogP contribution in [-0.2, 0) is 6.42 Å². The molecule has 0 saturated heterocycles. The lowest BCUT2D eigenvalue weighted by molar-refractivity contribution is -0.384. The van der Waals surface area contributed by atoms with Crippen LogP contribution in [0.5, 0.6) is 0 Å². The highest BCUT2D eigenvalue weighted by atomic mass is 32.1. The van der Waals surface area contributed by atoms with Gasteiger partial charge in [0.2, 0.25) is 0 Å². The molecule has 0 aliphatic carbocycles. The second-order valence-electron chi connectivity index (χ2n) is 3.10. The van der Waals surface area contributed by atoms with Crippen molar-refractivity contribution in [1.29, 1.82) is 0 Å². The third kappa shape index (κ3) is 3.15. The number of nitrogens with zero attached hydrogens (tertiary/aromatic N) is 4. The molecule has 0 spiro atoms. The van der Waals surface area contributed by atoms with E-state index < -0.39 is 4.92 Å². The highest BCUT2D eigenvalue weighted by Gasteiger charge is 2.12. The molecule has 0 aliphatic heterocycles. The maximum absolute atomic E-state index is 10.7. The van der Waals surface area contributed by atoms with E-state index in [4.69, 9.17) is 5.53 Å². The summed E-state index contributed by atoms with van der Waals surface area (Å²) in [4.78, 5) is 12.7. The minimum atomic E-state index is -0.547. The molecule has 1 rings (SSSR count). The van der Waals surface area contributed by atoms with E-state index in [2.05, 4.69) is 22.7 Å². The fraction of sp³-hybridized carbons (Fsp3) is 0.333. The zero-order valence-electron chi connectivity index (χ0n) is 8.41. The van der Waals surface area contributed by atoms with Crippen molar-refractivity contribution in [3.05, 3.63) is 44.3 Å². The Morgan fingerprint density at radius 1 is 1.56 bits per heavy atom. The summed E-state index contributed by atoms with van der Waals surface area (Å²) in [6.45, 7) is 0. The van der Waals surface area contributed by atoms with E-state index in [0.717, 1.165) is 24.2 Å². The summed E-state index contributed by atoms with van der Waals surface area (Å²) in [5.41, 5.74) is 8.99. The quantitative estimate of drug-likeness (QED) is 0.212. The van der Waals surface area contributed by atoms with Crippen LogP contribution in [0.25, 0.3) is 10.4 Å². The maximum atomic E-state index is 10.7. The number of nitro benzene ring substituents is 1. The van der Waals surface area contributed by atoms with Crippen LogP contribution in [0.4, 0.5) is 11.4 Å². The van der Waals surface area contributed by atoms with Gasteiger partial charge in [-0.15, -0.1) is 0 Å². The molecule has 0 heterocycles. The molecular weight excluding hydrogens is 228 g/mol. The Hall–Kier alpha value is -1.72. The van der Waals surface area contributed by atoms with Gasteiger partial charge in [-0.2, -0.15) is 12.6 Å². The summed E-state index contributed by atoms with van der Waals surface area (Å²) in [5.74, 6) is 0.728. The van der Waals surface area contributed by atoms with Crippen molar-refractivity contribution in [2.45, 2.75) is 12.8 Å². The summed E-state index contributed by atoms with van der Waals surface area (Å²) < 4.78 is 0. The van der Waals surface area contributed by atoms with Gasteiger partial charge < -0.3 is 0 Å². The zero-order chi connectivity index (χ0) is 12.0. The Bertz CT molecular complexity index is 443. The summed E-state index contributed by atoms with van der Waals surface area (Å²) in [6, 6.07) is 4.62. The Morgan fingerprint density at radius 2 is 2.31 bits per heavy atom. The molecule has 16 heavy (non-hydrogen) atoms. The first kappa shape index (κ1) is 12.4. The van der Waals surface area contributed by atoms with Crippen LogP contribution in [0, 0.1) is 10.1 Å². The topological polar surface area (TPSA) is 91.9 Å². The molecule has 0 bridgehead atoms.